The van der Waals surface area contributed by atoms with Crippen LogP contribution in [0.5, 0.6) is 5.75 Å². The molecule has 28 heavy (non-hydrogen) atoms. The van der Waals surface area contributed by atoms with Gasteiger partial charge in [0.25, 0.3) is 0 Å². The largest absolute Gasteiger partial charge is 0.496 e. The third-order valence-electron chi connectivity index (χ3n) is 5.35. The number of hydrogen-bond acceptors (Lipinski definition) is 7. The van der Waals surface area contributed by atoms with E-state index >= 15 is 0 Å². The Morgan fingerprint density at radius 3 is 2.75 bits per heavy atom. The molecule has 0 radical (unpaired) electrons. The molecule has 4 aromatic rings. The first-order valence-corrected chi connectivity index (χ1v) is 9.53. The molecule has 8 nitrogen and oxygen atoms in total. The SMILES string of the molecule is COc1c(-c2ccc3nn(C4CCNCC4)nc3n2)cc2oc(C)nc2c1C. The van der Waals surface area contributed by atoms with Crippen molar-refractivity contribution < 1.29 is 9.15 Å². The summed E-state index contributed by atoms with van der Waals surface area (Å²) in [4.78, 5) is 11.1. The molecule has 0 unspecified atom stereocenters. The van der Waals surface area contributed by atoms with Crippen LogP contribution >= 0.6 is 0 Å². The molecule has 1 aliphatic rings. The Labute approximate surface area is 161 Å². The number of hydrogen-bond donors (Lipinski definition) is 1. The number of pyridine rings is 1. The molecule has 8 heteroatoms. The van der Waals surface area contributed by atoms with Gasteiger partial charge < -0.3 is 14.5 Å². The number of nitrogens with one attached hydrogen (secondary N) is 1. The van der Waals surface area contributed by atoms with Crippen LogP contribution < -0.4 is 10.1 Å². The first-order chi connectivity index (χ1) is 13.6. The van der Waals surface area contributed by atoms with Gasteiger partial charge in [0, 0.05) is 18.1 Å². The van der Waals surface area contributed by atoms with Gasteiger partial charge in [-0.3, -0.25) is 0 Å². The molecule has 0 saturated carbocycles. The van der Waals surface area contributed by atoms with Gasteiger partial charge in [-0.1, -0.05) is 0 Å². The highest BCUT2D eigenvalue weighted by atomic mass is 16.5. The van der Waals surface area contributed by atoms with Gasteiger partial charge in [-0.2, -0.15) is 9.90 Å². The summed E-state index contributed by atoms with van der Waals surface area (Å²) in [7, 11) is 1.66. The molecule has 0 spiro atoms. The summed E-state index contributed by atoms with van der Waals surface area (Å²) < 4.78 is 11.4. The highest BCUT2D eigenvalue weighted by Crippen LogP contribution is 2.37. The summed E-state index contributed by atoms with van der Waals surface area (Å²) in [6.07, 6.45) is 2.06. The van der Waals surface area contributed by atoms with Crippen LogP contribution in [0.1, 0.15) is 30.3 Å². The van der Waals surface area contributed by atoms with Crippen molar-refractivity contribution >= 4 is 22.3 Å². The summed E-state index contributed by atoms with van der Waals surface area (Å²) in [6, 6.07) is 6.18. The molecule has 3 aromatic heterocycles. The Morgan fingerprint density at radius 1 is 1.14 bits per heavy atom. The zero-order valence-electron chi connectivity index (χ0n) is 16.2. The van der Waals surface area contributed by atoms with Gasteiger partial charge in [0.05, 0.1) is 18.8 Å². The Morgan fingerprint density at radius 2 is 1.96 bits per heavy atom. The molecule has 1 saturated heterocycles. The van der Waals surface area contributed by atoms with Crippen LogP contribution in [0.2, 0.25) is 0 Å². The summed E-state index contributed by atoms with van der Waals surface area (Å²) in [5.41, 5.74) is 5.57. The number of rotatable bonds is 3. The first kappa shape index (κ1) is 17.1. The number of methoxy groups -OCH3 is 1. The van der Waals surface area contributed by atoms with Gasteiger partial charge in [-0.15, -0.1) is 5.10 Å². The fraction of sp³-hybridized carbons (Fsp3) is 0.400. The Kier molecular flexibility index (Phi) is 4.01. The van der Waals surface area contributed by atoms with Crippen molar-refractivity contribution in [3.63, 3.8) is 0 Å². The Bertz CT molecular complexity index is 1170. The third-order valence-corrected chi connectivity index (χ3v) is 5.35. The minimum Gasteiger partial charge on any atom is -0.496 e. The average molecular weight is 378 g/mol. The van der Waals surface area contributed by atoms with Gasteiger partial charge in [0.15, 0.2) is 11.5 Å². The predicted molar refractivity (Wildman–Crippen MR) is 105 cm³/mol. The van der Waals surface area contributed by atoms with E-state index in [1.54, 1.807) is 7.11 Å². The normalized spacial score (nSPS) is 15.5. The zero-order valence-corrected chi connectivity index (χ0v) is 16.2. The minimum atomic E-state index is 0.323. The molecule has 5 rings (SSSR count). The molecule has 1 fully saturated rings. The van der Waals surface area contributed by atoms with Crippen molar-refractivity contribution in [2.45, 2.75) is 32.7 Å². The first-order valence-electron chi connectivity index (χ1n) is 9.53. The fourth-order valence-corrected chi connectivity index (χ4v) is 3.94. The topological polar surface area (TPSA) is 90.9 Å². The lowest BCUT2D eigenvalue weighted by molar-refractivity contribution is 0.316. The average Bonchev–Trinajstić information content (AvgIpc) is 3.31. The lowest BCUT2D eigenvalue weighted by atomic mass is 10.0. The number of oxazole rings is 1. The number of ether oxygens (including phenoxy) is 1. The monoisotopic (exact) mass is 378 g/mol. The molecule has 4 heterocycles. The molecule has 1 aliphatic heterocycles. The van der Waals surface area contributed by atoms with Gasteiger partial charge in [0.1, 0.15) is 16.8 Å². The van der Waals surface area contributed by atoms with E-state index in [0.29, 0.717) is 17.6 Å². The van der Waals surface area contributed by atoms with Crippen molar-refractivity contribution in [3.8, 4) is 17.0 Å². The molecular formula is C20H22N6O2. The molecule has 1 aromatic carbocycles. The van der Waals surface area contributed by atoms with E-state index in [2.05, 4.69) is 20.5 Å². The Hall–Kier alpha value is -3.00. The van der Waals surface area contributed by atoms with E-state index in [9.17, 15) is 0 Å². The van der Waals surface area contributed by atoms with E-state index in [0.717, 1.165) is 65.1 Å². The second-order valence-corrected chi connectivity index (χ2v) is 7.20. The highest BCUT2D eigenvalue weighted by molar-refractivity contribution is 5.88. The molecule has 0 bridgehead atoms. The van der Waals surface area contributed by atoms with Crippen LogP contribution in [0.4, 0.5) is 0 Å². The van der Waals surface area contributed by atoms with Crippen molar-refractivity contribution in [2.75, 3.05) is 20.2 Å². The quantitative estimate of drug-likeness (QED) is 0.585. The van der Waals surface area contributed by atoms with Gasteiger partial charge in [-0.05, 0) is 51.1 Å². The van der Waals surface area contributed by atoms with Crippen LogP contribution in [0.15, 0.2) is 22.6 Å². The number of benzene rings is 1. The maximum Gasteiger partial charge on any atom is 0.202 e. The fourth-order valence-electron chi connectivity index (χ4n) is 3.94. The van der Waals surface area contributed by atoms with Gasteiger partial charge in [-0.25, -0.2) is 9.97 Å². The maximum absolute atomic E-state index is 5.75. The van der Waals surface area contributed by atoms with Crippen LogP contribution in [0.3, 0.4) is 0 Å². The highest BCUT2D eigenvalue weighted by Gasteiger charge is 2.20. The standard InChI is InChI=1S/C20H22N6O2/c1-11-18-17(28-12(2)22-18)10-14(19(11)27-3)15-4-5-16-20(23-15)25-26(24-16)13-6-8-21-9-7-13/h4-5,10,13,21H,6-9H2,1-3H3. The Balaban J connectivity index is 1.62. The van der Waals surface area contributed by atoms with Crippen molar-refractivity contribution in [1.29, 1.82) is 0 Å². The number of aryl methyl sites for hydroxylation is 2. The number of fused-ring (bicyclic) bond motifs is 2. The van der Waals surface area contributed by atoms with Crippen molar-refractivity contribution in [2.24, 2.45) is 0 Å². The molecule has 0 aliphatic carbocycles. The molecule has 0 amide bonds. The smallest absolute Gasteiger partial charge is 0.202 e. The second-order valence-electron chi connectivity index (χ2n) is 7.20. The van der Waals surface area contributed by atoms with Crippen LogP contribution in [-0.2, 0) is 0 Å². The van der Waals surface area contributed by atoms with Crippen LogP contribution in [0.25, 0.3) is 33.5 Å². The third kappa shape index (κ3) is 2.72. The number of aromatic nitrogens is 5. The molecule has 0 atom stereocenters. The van der Waals surface area contributed by atoms with Crippen LogP contribution in [0, 0.1) is 13.8 Å². The lowest BCUT2D eigenvalue weighted by Crippen LogP contribution is -2.30. The molecular weight excluding hydrogens is 356 g/mol. The molecule has 144 valence electrons. The van der Waals surface area contributed by atoms with Crippen molar-refractivity contribution in [3.05, 3.63) is 29.7 Å². The van der Waals surface area contributed by atoms with E-state index < -0.39 is 0 Å². The summed E-state index contributed by atoms with van der Waals surface area (Å²) >= 11 is 0. The van der Waals surface area contributed by atoms with E-state index in [-0.39, 0.29) is 0 Å². The number of nitrogens with zero attached hydrogens (tertiary/aromatic N) is 5. The van der Waals surface area contributed by atoms with Gasteiger partial charge >= 0.3 is 0 Å². The summed E-state index contributed by atoms with van der Waals surface area (Å²) in [5.74, 6) is 1.38. The predicted octanol–water partition coefficient (Wildman–Crippen LogP) is 3.18. The van der Waals surface area contributed by atoms with E-state index in [1.807, 2.05) is 36.8 Å². The molecule has 1 N–H and O–H groups in total. The second kappa shape index (κ2) is 6.56. The lowest BCUT2D eigenvalue weighted by Gasteiger charge is -2.21. The van der Waals surface area contributed by atoms with Crippen LogP contribution in [-0.4, -0.2) is 45.2 Å². The zero-order chi connectivity index (χ0) is 19.3. The summed E-state index contributed by atoms with van der Waals surface area (Å²) in [5, 5.41) is 12.7. The maximum atomic E-state index is 5.75. The minimum absolute atomic E-state index is 0.323. The number of piperidine rings is 1. The summed E-state index contributed by atoms with van der Waals surface area (Å²) in [6.45, 7) is 5.82. The van der Waals surface area contributed by atoms with E-state index in [1.165, 1.54) is 0 Å². The van der Waals surface area contributed by atoms with E-state index in [4.69, 9.17) is 14.1 Å². The van der Waals surface area contributed by atoms with Gasteiger partial charge in [0.2, 0.25) is 5.65 Å². The van der Waals surface area contributed by atoms with Crippen molar-refractivity contribution in [1.82, 2.24) is 30.3 Å².